The van der Waals surface area contributed by atoms with Gasteiger partial charge in [-0.05, 0) is 25.0 Å². The Morgan fingerprint density at radius 3 is 3.00 bits per heavy atom. The molecule has 1 aliphatic rings. The van der Waals surface area contributed by atoms with Gasteiger partial charge in [-0.1, -0.05) is 18.2 Å². The second kappa shape index (κ2) is 5.90. The van der Waals surface area contributed by atoms with Gasteiger partial charge in [-0.25, -0.2) is 0 Å². The molecule has 1 amide bonds. The number of para-hydroxylation sites is 1. The third kappa shape index (κ3) is 2.95. The molecular weight excluding hydrogens is 262 g/mol. The minimum absolute atomic E-state index is 0.274. The summed E-state index contributed by atoms with van der Waals surface area (Å²) < 4.78 is 2.14. The van der Waals surface area contributed by atoms with E-state index in [9.17, 15) is 4.79 Å². The number of aryl methyl sites for hydroxylation is 2. The zero-order chi connectivity index (χ0) is 14.8. The summed E-state index contributed by atoms with van der Waals surface area (Å²) in [5.74, 6) is 0.274. The van der Waals surface area contributed by atoms with Crippen LogP contribution in [0.25, 0.3) is 10.9 Å². The van der Waals surface area contributed by atoms with Crippen LogP contribution in [0.15, 0.2) is 30.5 Å². The standard InChI is InChI=1S/C17H23N3O/c1-13-11-20(10-9-18-13)17(21)8-7-14-12-19(2)16-6-4-3-5-15(14)16/h3-6,12-13,18H,7-11H2,1-2H3/t13-/m1/s1. The van der Waals surface area contributed by atoms with Crippen LogP contribution in [-0.4, -0.2) is 41.1 Å². The lowest BCUT2D eigenvalue weighted by atomic mass is 10.1. The average molecular weight is 285 g/mol. The van der Waals surface area contributed by atoms with Gasteiger partial charge in [0.1, 0.15) is 0 Å². The summed E-state index contributed by atoms with van der Waals surface area (Å²) in [6.45, 7) is 4.69. The van der Waals surface area contributed by atoms with E-state index in [0.29, 0.717) is 12.5 Å². The Morgan fingerprint density at radius 2 is 2.19 bits per heavy atom. The van der Waals surface area contributed by atoms with Crippen molar-refractivity contribution in [2.45, 2.75) is 25.8 Å². The zero-order valence-corrected chi connectivity index (χ0v) is 12.8. The molecule has 1 N–H and O–H groups in total. The normalized spacial score (nSPS) is 19.1. The molecule has 4 heteroatoms. The molecule has 0 spiro atoms. The SMILES string of the molecule is C[C@@H]1CN(C(=O)CCc2cn(C)c3ccccc23)CCN1. The topological polar surface area (TPSA) is 37.3 Å². The summed E-state index contributed by atoms with van der Waals surface area (Å²) in [5.41, 5.74) is 2.50. The monoisotopic (exact) mass is 285 g/mol. The van der Waals surface area contributed by atoms with Crippen molar-refractivity contribution in [2.24, 2.45) is 7.05 Å². The fraction of sp³-hybridized carbons (Fsp3) is 0.471. The molecular formula is C17H23N3O. The molecule has 0 aliphatic carbocycles. The maximum absolute atomic E-state index is 12.4. The molecule has 1 atom stereocenters. The van der Waals surface area contributed by atoms with Crippen LogP contribution in [0.3, 0.4) is 0 Å². The second-order valence-electron chi connectivity index (χ2n) is 5.98. The number of hydrogen-bond acceptors (Lipinski definition) is 2. The first-order valence-corrected chi connectivity index (χ1v) is 7.69. The first-order chi connectivity index (χ1) is 10.1. The first-order valence-electron chi connectivity index (χ1n) is 7.69. The molecule has 21 heavy (non-hydrogen) atoms. The molecule has 3 rings (SSSR count). The summed E-state index contributed by atoms with van der Waals surface area (Å²) in [6.07, 6.45) is 3.57. The number of carbonyl (C=O) groups is 1. The Balaban J connectivity index is 1.67. The fourth-order valence-corrected chi connectivity index (χ4v) is 3.18. The number of benzene rings is 1. The quantitative estimate of drug-likeness (QED) is 0.935. The predicted molar refractivity (Wildman–Crippen MR) is 85.3 cm³/mol. The Kier molecular flexibility index (Phi) is 3.97. The zero-order valence-electron chi connectivity index (χ0n) is 12.8. The van der Waals surface area contributed by atoms with Crippen molar-refractivity contribution in [3.05, 3.63) is 36.0 Å². The minimum atomic E-state index is 0.274. The molecule has 4 nitrogen and oxygen atoms in total. The van der Waals surface area contributed by atoms with Crippen LogP contribution >= 0.6 is 0 Å². The summed E-state index contributed by atoms with van der Waals surface area (Å²) in [4.78, 5) is 14.3. The number of piperazine rings is 1. The van der Waals surface area contributed by atoms with Gasteiger partial charge in [-0.15, -0.1) is 0 Å². The van der Waals surface area contributed by atoms with Crippen molar-refractivity contribution < 1.29 is 4.79 Å². The van der Waals surface area contributed by atoms with Gasteiger partial charge in [0.2, 0.25) is 5.91 Å². The Bertz CT molecular complexity index is 647. The van der Waals surface area contributed by atoms with Crippen LogP contribution in [0.1, 0.15) is 18.9 Å². The van der Waals surface area contributed by atoms with Crippen molar-refractivity contribution in [2.75, 3.05) is 19.6 Å². The van der Waals surface area contributed by atoms with Crippen molar-refractivity contribution >= 4 is 16.8 Å². The minimum Gasteiger partial charge on any atom is -0.350 e. The lowest BCUT2D eigenvalue weighted by molar-refractivity contribution is -0.132. The Hall–Kier alpha value is -1.81. The van der Waals surface area contributed by atoms with E-state index >= 15 is 0 Å². The van der Waals surface area contributed by atoms with Gasteiger partial charge >= 0.3 is 0 Å². The highest BCUT2D eigenvalue weighted by atomic mass is 16.2. The van der Waals surface area contributed by atoms with Gasteiger partial charge in [0.05, 0.1) is 0 Å². The second-order valence-corrected chi connectivity index (χ2v) is 5.98. The molecule has 0 unspecified atom stereocenters. The van der Waals surface area contributed by atoms with E-state index in [1.165, 1.54) is 16.5 Å². The van der Waals surface area contributed by atoms with Crippen molar-refractivity contribution in [1.82, 2.24) is 14.8 Å². The number of rotatable bonds is 3. The van der Waals surface area contributed by atoms with E-state index in [1.807, 2.05) is 4.90 Å². The van der Waals surface area contributed by atoms with Crippen LogP contribution in [-0.2, 0) is 18.3 Å². The number of amides is 1. The maximum atomic E-state index is 12.4. The molecule has 2 aromatic rings. The number of nitrogens with zero attached hydrogens (tertiary/aromatic N) is 2. The Morgan fingerprint density at radius 1 is 1.38 bits per heavy atom. The van der Waals surface area contributed by atoms with Crippen LogP contribution in [0.4, 0.5) is 0 Å². The third-order valence-corrected chi connectivity index (χ3v) is 4.31. The third-order valence-electron chi connectivity index (χ3n) is 4.31. The molecule has 1 aliphatic heterocycles. The van der Waals surface area contributed by atoms with Crippen LogP contribution in [0.5, 0.6) is 0 Å². The molecule has 1 saturated heterocycles. The molecule has 112 valence electrons. The fourth-order valence-electron chi connectivity index (χ4n) is 3.18. The van der Waals surface area contributed by atoms with Crippen molar-refractivity contribution in [3.63, 3.8) is 0 Å². The largest absolute Gasteiger partial charge is 0.350 e. The average Bonchev–Trinajstić information content (AvgIpc) is 2.82. The number of carbonyl (C=O) groups excluding carboxylic acids is 1. The van der Waals surface area contributed by atoms with Crippen LogP contribution < -0.4 is 5.32 Å². The maximum Gasteiger partial charge on any atom is 0.222 e. The van der Waals surface area contributed by atoms with Crippen molar-refractivity contribution in [1.29, 1.82) is 0 Å². The summed E-state index contributed by atoms with van der Waals surface area (Å²) >= 11 is 0. The van der Waals surface area contributed by atoms with Gasteiger partial charge in [0.25, 0.3) is 0 Å². The highest BCUT2D eigenvalue weighted by molar-refractivity contribution is 5.85. The summed E-state index contributed by atoms with van der Waals surface area (Å²) in [5, 5.41) is 4.64. The van der Waals surface area contributed by atoms with Gasteiger partial charge < -0.3 is 14.8 Å². The number of hydrogen-bond donors (Lipinski definition) is 1. The van der Waals surface area contributed by atoms with Gasteiger partial charge in [0, 0.05) is 56.2 Å². The molecule has 0 bridgehead atoms. The van der Waals surface area contributed by atoms with Crippen LogP contribution in [0, 0.1) is 0 Å². The smallest absolute Gasteiger partial charge is 0.222 e. The predicted octanol–water partition coefficient (Wildman–Crippen LogP) is 1.93. The number of nitrogens with one attached hydrogen (secondary N) is 1. The van der Waals surface area contributed by atoms with Gasteiger partial charge in [-0.2, -0.15) is 0 Å². The van der Waals surface area contributed by atoms with Crippen LogP contribution in [0.2, 0.25) is 0 Å². The highest BCUT2D eigenvalue weighted by Crippen LogP contribution is 2.21. The van der Waals surface area contributed by atoms with E-state index in [1.54, 1.807) is 0 Å². The van der Waals surface area contributed by atoms with E-state index < -0.39 is 0 Å². The summed E-state index contributed by atoms with van der Waals surface area (Å²) in [7, 11) is 2.06. The first kappa shape index (κ1) is 14.1. The molecule has 1 fully saturated rings. The number of aromatic nitrogens is 1. The van der Waals surface area contributed by atoms with Gasteiger partial charge in [-0.3, -0.25) is 4.79 Å². The molecule has 1 aromatic carbocycles. The highest BCUT2D eigenvalue weighted by Gasteiger charge is 2.20. The van der Waals surface area contributed by atoms with E-state index in [2.05, 4.69) is 54.3 Å². The summed E-state index contributed by atoms with van der Waals surface area (Å²) in [6, 6.07) is 8.78. The lowest BCUT2D eigenvalue weighted by Crippen LogP contribution is -2.51. The van der Waals surface area contributed by atoms with E-state index in [-0.39, 0.29) is 5.91 Å². The Labute approximate surface area is 125 Å². The lowest BCUT2D eigenvalue weighted by Gasteiger charge is -2.32. The molecule has 1 aromatic heterocycles. The van der Waals surface area contributed by atoms with Gasteiger partial charge in [0.15, 0.2) is 0 Å². The number of fused-ring (bicyclic) bond motifs is 1. The molecule has 2 heterocycles. The van der Waals surface area contributed by atoms with E-state index in [4.69, 9.17) is 0 Å². The molecule has 0 saturated carbocycles. The van der Waals surface area contributed by atoms with E-state index in [0.717, 1.165) is 26.1 Å². The van der Waals surface area contributed by atoms with Crippen molar-refractivity contribution in [3.8, 4) is 0 Å². The molecule has 0 radical (unpaired) electrons.